The Hall–Kier alpha value is -2.68. The number of aryl methyl sites for hydroxylation is 2. The maximum atomic E-state index is 9.99. The predicted molar refractivity (Wildman–Crippen MR) is 101 cm³/mol. The van der Waals surface area contributed by atoms with E-state index in [1.54, 1.807) is 24.3 Å². The lowest BCUT2D eigenvalue weighted by Crippen LogP contribution is -2.47. The van der Waals surface area contributed by atoms with Gasteiger partial charge in [-0.1, -0.05) is 37.3 Å². The number of phenols is 1. The molecule has 0 saturated carbocycles. The zero-order valence-corrected chi connectivity index (χ0v) is 14.8. The van der Waals surface area contributed by atoms with Crippen LogP contribution in [0, 0.1) is 5.92 Å². The van der Waals surface area contributed by atoms with Crippen LogP contribution in [0.3, 0.4) is 0 Å². The minimum atomic E-state index is -0.230. The van der Waals surface area contributed by atoms with E-state index in [2.05, 4.69) is 31.2 Å². The van der Waals surface area contributed by atoms with Gasteiger partial charge < -0.3 is 14.9 Å². The minimum absolute atomic E-state index is 0.129. The van der Waals surface area contributed by atoms with E-state index in [1.165, 1.54) is 16.7 Å². The van der Waals surface area contributed by atoms with E-state index in [4.69, 9.17) is 4.74 Å². The number of hydrogen-bond acceptors (Lipinski definition) is 3. The highest BCUT2D eigenvalue weighted by atomic mass is 16.5. The van der Waals surface area contributed by atoms with Crippen molar-refractivity contribution in [2.75, 3.05) is 0 Å². The molecule has 3 heteroatoms. The van der Waals surface area contributed by atoms with Crippen molar-refractivity contribution in [2.24, 2.45) is 5.92 Å². The summed E-state index contributed by atoms with van der Waals surface area (Å²) < 4.78 is 6.19. The third kappa shape index (κ3) is 2.00. The zero-order chi connectivity index (χ0) is 17.9. The second-order valence-corrected chi connectivity index (χ2v) is 7.56. The van der Waals surface area contributed by atoms with Crippen LogP contribution in [0.5, 0.6) is 11.5 Å². The molecule has 0 amide bonds. The molecule has 1 aliphatic heterocycles. The second kappa shape index (κ2) is 5.41. The summed E-state index contributed by atoms with van der Waals surface area (Å²) in [6.45, 7) is 2.19. The van der Waals surface area contributed by atoms with E-state index < -0.39 is 0 Å². The summed E-state index contributed by atoms with van der Waals surface area (Å²) in [6, 6.07) is 12.3. The number of rotatable bonds is 1. The lowest BCUT2D eigenvalue weighted by Gasteiger charge is -2.46. The minimum Gasteiger partial charge on any atom is -0.508 e. The molecule has 132 valence electrons. The van der Waals surface area contributed by atoms with Gasteiger partial charge in [-0.2, -0.15) is 0 Å². The standard InChI is InChI=1S/C23H22O3/c1-2-14-3-6-18-15(11-14)9-10-23(18)19-7-4-16(24)12-21(19)26-22-13-17(25)5-8-20(22)23/h3-8,11-13,19,21,24-25H,2,9-10H2,1H3. The summed E-state index contributed by atoms with van der Waals surface area (Å²) in [7, 11) is 0. The number of allylic oxidation sites excluding steroid dienone is 1. The SMILES string of the molecule is CCc1ccc2c(c1)CCC21c2ccc(O)cc2OC2C=C(O)C=CC21. The fourth-order valence-corrected chi connectivity index (χ4v) is 5.10. The van der Waals surface area contributed by atoms with Gasteiger partial charge in [-0.15, -0.1) is 0 Å². The van der Waals surface area contributed by atoms with Crippen molar-refractivity contribution in [3.63, 3.8) is 0 Å². The first-order valence-corrected chi connectivity index (χ1v) is 9.33. The fourth-order valence-electron chi connectivity index (χ4n) is 5.10. The number of ether oxygens (including phenoxy) is 1. The van der Waals surface area contributed by atoms with Crippen LogP contribution in [0.2, 0.25) is 0 Å². The molecule has 1 heterocycles. The predicted octanol–water partition coefficient (Wildman–Crippen LogP) is 4.58. The Balaban J connectivity index is 1.77. The molecule has 26 heavy (non-hydrogen) atoms. The van der Waals surface area contributed by atoms with Crippen molar-refractivity contribution >= 4 is 0 Å². The van der Waals surface area contributed by atoms with Gasteiger partial charge >= 0.3 is 0 Å². The Labute approximate surface area is 153 Å². The number of fused-ring (bicyclic) bond motifs is 6. The summed E-state index contributed by atoms with van der Waals surface area (Å²) in [5.74, 6) is 1.29. The summed E-state index contributed by atoms with van der Waals surface area (Å²) in [5.41, 5.74) is 5.10. The van der Waals surface area contributed by atoms with Gasteiger partial charge in [0.15, 0.2) is 0 Å². The van der Waals surface area contributed by atoms with Crippen molar-refractivity contribution in [3.8, 4) is 11.5 Å². The van der Waals surface area contributed by atoms with Gasteiger partial charge in [0.05, 0.1) is 0 Å². The molecule has 0 saturated heterocycles. The molecule has 2 aromatic rings. The molecule has 1 spiro atoms. The van der Waals surface area contributed by atoms with Gasteiger partial charge in [0.25, 0.3) is 0 Å². The van der Waals surface area contributed by atoms with Gasteiger partial charge in [0, 0.05) is 23.0 Å². The highest BCUT2D eigenvalue weighted by molar-refractivity contribution is 5.59. The summed E-state index contributed by atoms with van der Waals surface area (Å²) in [5, 5.41) is 20.0. The molecule has 0 bridgehead atoms. The Morgan fingerprint density at radius 3 is 2.81 bits per heavy atom. The number of phenolic OH excluding ortho intramolecular Hbond substituents is 1. The molecule has 0 radical (unpaired) electrons. The molecule has 2 aromatic carbocycles. The molecule has 3 nitrogen and oxygen atoms in total. The van der Waals surface area contributed by atoms with E-state index in [0.717, 1.165) is 30.6 Å². The number of aliphatic hydroxyl groups is 1. The molecule has 2 aliphatic carbocycles. The smallest absolute Gasteiger partial charge is 0.128 e. The van der Waals surface area contributed by atoms with Crippen molar-refractivity contribution in [3.05, 3.63) is 82.6 Å². The van der Waals surface area contributed by atoms with E-state index in [0.29, 0.717) is 0 Å². The van der Waals surface area contributed by atoms with Crippen LogP contribution in [0.25, 0.3) is 0 Å². The Morgan fingerprint density at radius 1 is 1.12 bits per heavy atom. The third-order valence-electron chi connectivity index (χ3n) is 6.29. The summed E-state index contributed by atoms with van der Waals surface area (Å²) >= 11 is 0. The molecule has 3 unspecified atom stereocenters. The van der Waals surface area contributed by atoms with Gasteiger partial charge in [-0.25, -0.2) is 0 Å². The number of aromatic hydroxyl groups is 1. The van der Waals surface area contributed by atoms with Crippen molar-refractivity contribution < 1.29 is 14.9 Å². The van der Waals surface area contributed by atoms with E-state index in [1.807, 2.05) is 6.07 Å². The molecular weight excluding hydrogens is 324 g/mol. The topological polar surface area (TPSA) is 49.7 Å². The van der Waals surface area contributed by atoms with Crippen LogP contribution in [0.4, 0.5) is 0 Å². The maximum Gasteiger partial charge on any atom is 0.128 e. The molecule has 3 atom stereocenters. The van der Waals surface area contributed by atoms with Gasteiger partial charge in [0.2, 0.25) is 0 Å². The normalized spacial score (nSPS) is 28.1. The monoisotopic (exact) mass is 346 g/mol. The largest absolute Gasteiger partial charge is 0.508 e. The van der Waals surface area contributed by atoms with Gasteiger partial charge in [0.1, 0.15) is 23.4 Å². The van der Waals surface area contributed by atoms with Crippen LogP contribution >= 0.6 is 0 Å². The molecule has 3 aliphatic rings. The Bertz CT molecular complexity index is 956. The Kier molecular flexibility index (Phi) is 3.24. The first-order chi connectivity index (χ1) is 12.6. The summed E-state index contributed by atoms with van der Waals surface area (Å²) in [4.78, 5) is 0. The molecule has 5 rings (SSSR count). The lowest BCUT2D eigenvalue weighted by molar-refractivity contribution is 0.119. The number of aliphatic hydroxyl groups excluding tert-OH is 1. The van der Waals surface area contributed by atoms with E-state index in [9.17, 15) is 10.2 Å². The highest BCUT2D eigenvalue weighted by Crippen LogP contribution is 2.57. The first kappa shape index (κ1) is 15.6. The molecule has 0 fully saturated rings. The van der Waals surface area contributed by atoms with Crippen LogP contribution in [-0.4, -0.2) is 16.3 Å². The van der Waals surface area contributed by atoms with Crippen molar-refractivity contribution in [2.45, 2.75) is 37.7 Å². The van der Waals surface area contributed by atoms with Crippen molar-refractivity contribution in [1.82, 2.24) is 0 Å². The first-order valence-electron chi connectivity index (χ1n) is 9.33. The lowest BCUT2D eigenvalue weighted by atomic mass is 9.62. The summed E-state index contributed by atoms with van der Waals surface area (Å²) in [6.07, 6.45) is 8.53. The van der Waals surface area contributed by atoms with Crippen LogP contribution < -0.4 is 4.74 Å². The maximum absolute atomic E-state index is 9.99. The second-order valence-electron chi connectivity index (χ2n) is 7.56. The van der Waals surface area contributed by atoms with Gasteiger partial charge in [-0.3, -0.25) is 0 Å². The van der Waals surface area contributed by atoms with Crippen LogP contribution in [0.15, 0.2) is 60.4 Å². The van der Waals surface area contributed by atoms with E-state index >= 15 is 0 Å². The molecule has 0 aromatic heterocycles. The van der Waals surface area contributed by atoms with Crippen LogP contribution in [-0.2, 0) is 18.3 Å². The quantitative estimate of drug-likeness (QED) is 0.795. The Morgan fingerprint density at radius 2 is 1.96 bits per heavy atom. The van der Waals surface area contributed by atoms with Gasteiger partial charge in [-0.05, 0) is 54.2 Å². The highest BCUT2D eigenvalue weighted by Gasteiger charge is 2.53. The average Bonchev–Trinajstić information content (AvgIpc) is 3.00. The number of hydrogen-bond donors (Lipinski definition) is 2. The fraction of sp³-hybridized carbons (Fsp3) is 0.304. The molecule has 2 N–H and O–H groups in total. The van der Waals surface area contributed by atoms with Crippen LogP contribution in [0.1, 0.15) is 35.6 Å². The number of benzene rings is 2. The van der Waals surface area contributed by atoms with E-state index in [-0.39, 0.29) is 28.9 Å². The molecular formula is C23H22O3. The average molecular weight is 346 g/mol. The van der Waals surface area contributed by atoms with Crippen molar-refractivity contribution in [1.29, 1.82) is 0 Å². The third-order valence-corrected chi connectivity index (χ3v) is 6.29. The zero-order valence-electron chi connectivity index (χ0n) is 14.8.